The SMILES string of the molecule is CCC(CC)(CC)P(c1ccccc1)c1ccccc1. The van der Waals surface area contributed by atoms with Gasteiger partial charge < -0.3 is 0 Å². The van der Waals surface area contributed by atoms with Crippen LogP contribution in [-0.2, 0) is 0 Å². The van der Waals surface area contributed by atoms with Crippen LogP contribution in [0.25, 0.3) is 0 Å². The van der Waals surface area contributed by atoms with Crippen molar-refractivity contribution in [2.75, 3.05) is 0 Å². The van der Waals surface area contributed by atoms with Crippen molar-refractivity contribution in [2.24, 2.45) is 0 Å². The average molecular weight is 284 g/mol. The minimum Gasteiger partial charge on any atom is -0.0645 e. The molecule has 0 radical (unpaired) electrons. The van der Waals surface area contributed by atoms with E-state index in [0.717, 1.165) is 0 Å². The fourth-order valence-electron chi connectivity index (χ4n) is 3.08. The summed E-state index contributed by atoms with van der Waals surface area (Å²) in [6.07, 6.45) is 3.74. The van der Waals surface area contributed by atoms with E-state index in [4.69, 9.17) is 0 Å². The maximum absolute atomic E-state index is 2.36. The van der Waals surface area contributed by atoms with Crippen molar-refractivity contribution in [1.82, 2.24) is 0 Å². The van der Waals surface area contributed by atoms with Crippen LogP contribution in [-0.4, -0.2) is 5.16 Å². The van der Waals surface area contributed by atoms with Crippen LogP contribution in [0.15, 0.2) is 60.7 Å². The summed E-state index contributed by atoms with van der Waals surface area (Å²) in [5, 5.41) is 3.44. The van der Waals surface area contributed by atoms with Crippen molar-refractivity contribution in [3.8, 4) is 0 Å². The van der Waals surface area contributed by atoms with Gasteiger partial charge in [0.1, 0.15) is 0 Å². The minimum absolute atomic E-state index is 0.299. The van der Waals surface area contributed by atoms with E-state index in [0.29, 0.717) is 5.16 Å². The number of rotatable bonds is 6. The summed E-state index contributed by atoms with van der Waals surface area (Å²) >= 11 is 0. The topological polar surface area (TPSA) is 0 Å². The van der Waals surface area contributed by atoms with Gasteiger partial charge in [-0.1, -0.05) is 81.4 Å². The van der Waals surface area contributed by atoms with Gasteiger partial charge in [-0.3, -0.25) is 0 Å². The number of hydrogen-bond acceptors (Lipinski definition) is 0. The van der Waals surface area contributed by atoms with Gasteiger partial charge in [0.15, 0.2) is 0 Å². The van der Waals surface area contributed by atoms with Gasteiger partial charge in [-0.2, -0.15) is 0 Å². The second-order valence-electron chi connectivity index (χ2n) is 5.29. The van der Waals surface area contributed by atoms with Crippen molar-refractivity contribution in [3.63, 3.8) is 0 Å². The average Bonchev–Trinajstić information content (AvgIpc) is 2.54. The van der Waals surface area contributed by atoms with Crippen LogP contribution in [0, 0.1) is 0 Å². The van der Waals surface area contributed by atoms with Crippen LogP contribution >= 0.6 is 7.92 Å². The highest BCUT2D eigenvalue weighted by Gasteiger charge is 2.35. The Balaban J connectivity index is 2.55. The van der Waals surface area contributed by atoms with Gasteiger partial charge in [0.05, 0.1) is 0 Å². The maximum atomic E-state index is 2.36. The second-order valence-corrected chi connectivity index (χ2v) is 7.94. The van der Waals surface area contributed by atoms with Crippen LogP contribution in [0.1, 0.15) is 40.0 Å². The predicted octanol–water partition coefficient (Wildman–Crippen LogP) is 5.09. The first-order valence-electron chi connectivity index (χ1n) is 7.67. The number of hydrogen-bond donors (Lipinski definition) is 0. The molecule has 20 heavy (non-hydrogen) atoms. The zero-order valence-corrected chi connectivity index (χ0v) is 13.7. The molecule has 0 heterocycles. The third-order valence-corrected chi connectivity index (χ3v) is 8.00. The Morgan fingerprint density at radius 3 is 1.30 bits per heavy atom. The Morgan fingerprint density at radius 2 is 1.00 bits per heavy atom. The summed E-state index contributed by atoms with van der Waals surface area (Å²) in [6.45, 7) is 7.07. The molecule has 0 aliphatic rings. The zero-order chi connectivity index (χ0) is 14.4. The van der Waals surface area contributed by atoms with E-state index >= 15 is 0 Å². The Labute approximate surface area is 125 Å². The summed E-state index contributed by atoms with van der Waals surface area (Å²) in [5.74, 6) is 0. The molecule has 2 rings (SSSR count). The molecule has 0 fully saturated rings. The highest BCUT2D eigenvalue weighted by atomic mass is 31.1. The second kappa shape index (κ2) is 7.04. The van der Waals surface area contributed by atoms with Gasteiger partial charge in [0, 0.05) is 0 Å². The molecule has 106 valence electrons. The van der Waals surface area contributed by atoms with Crippen molar-refractivity contribution in [1.29, 1.82) is 0 Å². The Bertz CT molecular complexity index is 452. The molecule has 0 aliphatic carbocycles. The van der Waals surface area contributed by atoms with Gasteiger partial charge in [-0.15, -0.1) is 0 Å². The van der Waals surface area contributed by atoms with Crippen molar-refractivity contribution in [2.45, 2.75) is 45.2 Å². The molecule has 0 saturated carbocycles. The molecule has 0 saturated heterocycles. The quantitative estimate of drug-likeness (QED) is 0.648. The maximum Gasteiger partial charge on any atom is -0.00222 e. The lowest BCUT2D eigenvalue weighted by molar-refractivity contribution is 0.524. The Hall–Kier alpha value is -1.13. The molecule has 0 unspecified atom stereocenters. The van der Waals surface area contributed by atoms with E-state index in [2.05, 4.69) is 81.4 Å². The predicted molar refractivity (Wildman–Crippen MR) is 92.7 cm³/mol. The van der Waals surface area contributed by atoms with Crippen molar-refractivity contribution >= 4 is 18.5 Å². The summed E-state index contributed by atoms with van der Waals surface area (Å²) in [6, 6.07) is 22.2. The largest absolute Gasteiger partial charge is 0.0645 e. The molecule has 1 heteroatoms. The highest BCUT2D eigenvalue weighted by molar-refractivity contribution is 7.74. The highest BCUT2D eigenvalue weighted by Crippen LogP contribution is 2.53. The van der Waals surface area contributed by atoms with Crippen LogP contribution < -0.4 is 10.6 Å². The fourth-order valence-corrected chi connectivity index (χ4v) is 6.36. The molecule has 2 aromatic rings. The van der Waals surface area contributed by atoms with E-state index in [1.807, 2.05) is 0 Å². The summed E-state index contributed by atoms with van der Waals surface area (Å²) < 4.78 is 0. The molecule has 0 aliphatic heterocycles. The molecule has 0 bridgehead atoms. The van der Waals surface area contributed by atoms with Gasteiger partial charge in [0.25, 0.3) is 0 Å². The van der Waals surface area contributed by atoms with Gasteiger partial charge >= 0.3 is 0 Å². The van der Waals surface area contributed by atoms with E-state index in [1.54, 1.807) is 0 Å². The molecule has 2 aromatic carbocycles. The lowest BCUT2D eigenvalue weighted by Crippen LogP contribution is -2.33. The van der Waals surface area contributed by atoms with E-state index < -0.39 is 0 Å². The molecule has 0 nitrogen and oxygen atoms in total. The van der Waals surface area contributed by atoms with Crippen LogP contribution in [0.3, 0.4) is 0 Å². The molecule has 0 amide bonds. The first-order chi connectivity index (χ1) is 9.77. The Kier molecular flexibility index (Phi) is 5.38. The van der Waals surface area contributed by atoms with E-state index in [-0.39, 0.29) is 7.92 Å². The van der Waals surface area contributed by atoms with Crippen LogP contribution in [0.5, 0.6) is 0 Å². The molecular weight excluding hydrogens is 259 g/mol. The molecule has 0 N–H and O–H groups in total. The van der Waals surface area contributed by atoms with E-state index in [1.165, 1.54) is 29.9 Å². The minimum atomic E-state index is -0.299. The molecule has 0 spiro atoms. The third kappa shape index (κ3) is 2.96. The van der Waals surface area contributed by atoms with Crippen molar-refractivity contribution in [3.05, 3.63) is 60.7 Å². The lowest BCUT2D eigenvalue weighted by Gasteiger charge is -2.40. The Morgan fingerprint density at radius 1 is 0.650 bits per heavy atom. The van der Waals surface area contributed by atoms with Gasteiger partial charge in [0.2, 0.25) is 0 Å². The van der Waals surface area contributed by atoms with Gasteiger partial charge in [-0.05, 0) is 42.9 Å². The lowest BCUT2D eigenvalue weighted by atomic mass is 9.99. The van der Waals surface area contributed by atoms with Crippen LogP contribution in [0.4, 0.5) is 0 Å². The normalized spacial score (nSPS) is 11.8. The summed E-state index contributed by atoms with van der Waals surface area (Å²) in [4.78, 5) is 0. The van der Waals surface area contributed by atoms with Crippen molar-refractivity contribution < 1.29 is 0 Å². The van der Waals surface area contributed by atoms with Crippen LogP contribution in [0.2, 0.25) is 0 Å². The molecule has 0 aromatic heterocycles. The summed E-state index contributed by atoms with van der Waals surface area (Å²) in [5.41, 5.74) is 0. The third-order valence-electron chi connectivity index (χ3n) is 4.48. The number of benzene rings is 2. The first-order valence-corrected chi connectivity index (χ1v) is 9.02. The zero-order valence-electron chi connectivity index (χ0n) is 12.8. The molecular formula is C19H25P. The van der Waals surface area contributed by atoms with E-state index in [9.17, 15) is 0 Å². The smallest absolute Gasteiger partial charge is 0.00222 e. The first kappa shape index (κ1) is 15.3. The monoisotopic (exact) mass is 284 g/mol. The fraction of sp³-hybridized carbons (Fsp3) is 0.368. The summed E-state index contributed by atoms with van der Waals surface area (Å²) in [7, 11) is -0.299. The molecule has 0 atom stereocenters. The van der Waals surface area contributed by atoms with Gasteiger partial charge in [-0.25, -0.2) is 0 Å². The standard InChI is InChI=1S/C19H25P/c1-4-19(5-2,6-3)20(17-13-9-7-10-14-17)18-15-11-8-12-16-18/h7-16H,4-6H2,1-3H3.